The number of para-hydroxylation sites is 1. The fourth-order valence-corrected chi connectivity index (χ4v) is 4.71. The number of anilines is 1. The van der Waals surface area contributed by atoms with Crippen LogP contribution in [0.5, 0.6) is 0 Å². The van der Waals surface area contributed by atoms with Crippen molar-refractivity contribution in [3.63, 3.8) is 0 Å². The summed E-state index contributed by atoms with van der Waals surface area (Å²) >= 11 is 1.49. The van der Waals surface area contributed by atoms with Gasteiger partial charge >= 0.3 is 0 Å². The summed E-state index contributed by atoms with van der Waals surface area (Å²) in [6, 6.07) is 14.6. The van der Waals surface area contributed by atoms with Gasteiger partial charge in [-0.3, -0.25) is 9.59 Å². The van der Waals surface area contributed by atoms with Gasteiger partial charge in [-0.2, -0.15) is 0 Å². The number of carbonyl (C=O) groups is 2. The highest BCUT2D eigenvalue weighted by Crippen LogP contribution is 2.40. The summed E-state index contributed by atoms with van der Waals surface area (Å²) in [5.41, 5.74) is 1.21. The van der Waals surface area contributed by atoms with E-state index in [-0.39, 0.29) is 17.6 Å². The Labute approximate surface area is 182 Å². The van der Waals surface area contributed by atoms with E-state index in [1.165, 1.54) is 34.9 Å². The Morgan fingerprint density at radius 3 is 2.65 bits per heavy atom. The van der Waals surface area contributed by atoms with Crippen LogP contribution in [0.1, 0.15) is 35.2 Å². The van der Waals surface area contributed by atoms with E-state index in [2.05, 4.69) is 15.4 Å². The number of hydrogen-bond donors (Lipinski definition) is 1. The van der Waals surface area contributed by atoms with Crippen molar-refractivity contribution in [1.29, 1.82) is 0 Å². The van der Waals surface area contributed by atoms with Gasteiger partial charge in [0.2, 0.25) is 11.7 Å². The van der Waals surface area contributed by atoms with E-state index < -0.39 is 11.9 Å². The van der Waals surface area contributed by atoms with Gasteiger partial charge in [0.15, 0.2) is 0 Å². The molecule has 1 saturated heterocycles. The molecule has 3 aromatic rings. The maximum absolute atomic E-state index is 13.4. The van der Waals surface area contributed by atoms with E-state index in [1.54, 1.807) is 10.7 Å². The van der Waals surface area contributed by atoms with Crippen LogP contribution >= 0.6 is 11.8 Å². The van der Waals surface area contributed by atoms with Gasteiger partial charge in [-0.15, -0.1) is 16.9 Å². The molecule has 1 saturated carbocycles. The van der Waals surface area contributed by atoms with Crippen molar-refractivity contribution in [1.82, 2.24) is 19.7 Å². The van der Waals surface area contributed by atoms with Gasteiger partial charge in [0.05, 0.1) is 11.6 Å². The van der Waals surface area contributed by atoms with Crippen LogP contribution in [-0.4, -0.2) is 49.2 Å². The molecule has 1 atom stereocenters. The molecular weight excluding hydrogens is 417 g/mol. The summed E-state index contributed by atoms with van der Waals surface area (Å²) in [4.78, 5) is 32.1. The predicted octanol–water partition coefficient (Wildman–Crippen LogP) is 3.44. The SMILES string of the molecule is O=C(Nc1cccc(F)c1)C1CSCN1C(=O)c1nc(C2CC2)n(-c2ccccc2)n1. The summed E-state index contributed by atoms with van der Waals surface area (Å²) in [7, 11) is 0. The predicted molar refractivity (Wildman–Crippen MR) is 116 cm³/mol. The monoisotopic (exact) mass is 437 g/mol. The fourth-order valence-electron chi connectivity index (χ4n) is 3.56. The Hall–Kier alpha value is -3.20. The zero-order valence-corrected chi connectivity index (χ0v) is 17.4. The quantitative estimate of drug-likeness (QED) is 0.662. The number of carbonyl (C=O) groups excluding carboxylic acids is 2. The van der Waals surface area contributed by atoms with Crippen molar-refractivity contribution in [2.24, 2.45) is 0 Å². The van der Waals surface area contributed by atoms with Gasteiger partial charge in [-0.1, -0.05) is 24.3 Å². The zero-order chi connectivity index (χ0) is 21.4. The van der Waals surface area contributed by atoms with Crippen LogP contribution < -0.4 is 5.32 Å². The van der Waals surface area contributed by atoms with Gasteiger partial charge in [0, 0.05) is 17.4 Å². The maximum atomic E-state index is 13.4. The number of thioether (sulfide) groups is 1. The fraction of sp³-hybridized carbons (Fsp3) is 0.273. The second kappa shape index (κ2) is 8.14. The molecule has 1 aliphatic heterocycles. The first-order valence-corrected chi connectivity index (χ1v) is 11.2. The molecule has 1 aromatic heterocycles. The largest absolute Gasteiger partial charge is 0.324 e. The van der Waals surface area contributed by atoms with Crippen molar-refractivity contribution in [3.05, 3.63) is 72.1 Å². The molecule has 2 aliphatic rings. The molecule has 1 aliphatic carbocycles. The van der Waals surface area contributed by atoms with E-state index in [9.17, 15) is 14.0 Å². The number of nitrogens with one attached hydrogen (secondary N) is 1. The van der Waals surface area contributed by atoms with Gasteiger partial charge < -0.3 is 10.2 Å². The van der Waals surface area contributed by atoms with Crippen LogP contribution in [0.3, 0.4) is 0 Å². The molecule has 0 spiro atoms. The van der Waals surface area contributed by atoms with E-state index in [0.717, 1.165) is 24.4 Å². The van der Waals surface area contributed by atoms with Crippen molar-refractivity contribution < 1.29 is 14.0 Å². The van der Waals surface area contributed by atoms with E-state index in [4.69, 9.17) is 0 Å². The highest BCUT2D eigenvalue weighted by atomic mass is 32.2. The van der Waals surface area contributed by atoms with Crippen molar-refractivity contribution >= 4 is 29.3 Å². The lowest BCUT2D eigenvalue weighted by Gasteiger charge is -2.21. The molecule has 0 radical (unpaired) electrons. The molecule has 2 heterocycles. The molecule has 9 heteroatoms. The normalized spacial score (nSPS) is 18.2. The zero-order valence-electron chi connectivity index (χ0n) is 16.6. The second-order valence-corrected chi connectivity index (χ2v) is 8.61. The van der Waals surface area contributed by atoms with Gasteiger partial charge in [0.1, 0.15) is 17.7 Å². The summed E-state index contributed by atoms with van der Waals surface area (Å²) < 4.78 is 15.2. The van der Waals surface area contributed by atoms with Crippen LogP contribution in [-0.2, 0) is 4.79 Å². The second-order valence-electron chi connectivity index (χ2n) is 7.61. The molecule has 2 fully saturated rings. The summed E-state index contributed by atoms with van der Waals surface area (Å²) in [5.74, 6) is 0.846. The molecule has 0 bridgehead atoms. The minimum Gasteiger partial charge on any atom is -0.324 e. The number of hydrogen-bond acceptors (Lipinski definition) is 5. The third kappa shape index (κ3) is 4.05. The Balaban J connectivity index is 1.38. The highest BCUT2D eigenvalue weighted by molar-refractivity contribution is 7.99. The molecule has 5 rings (SSSR count). The van der Waals surface area contributed by atoms with E-state index >= 15 is 0 Å². The minimum atomic E-state index is -0.672. The lowest BCUT2D eigenvalue weighted by Crippen LogP contribution is -2.44. The van der Waals surface area contributed by atoms with Gasteiger partial charge in [0.25, 0.3) is 5.91 Å². The van der Waals surface area contributed by atoms with E-state index in [1.807, 2.05) is 30.3 Å². The first-order valence-electron chi connectivity index (χ1n) is 10.1. The molecule has 7 nitrogen and oxygen atoms in total. The van der Waals surface area contributed by atoms with Crippen LogP contribution in [0, 0.1) is 5.82 Å². The Bertz CT molecular complexity index is 1130. The molecule has 1 unspecified atom stereocenters. The van der Waals surface area contributed by atoms with Gasteiger partial charge in [-0.05, 0) is 43.2 Å². The number of aromatic nitrogens is 3. The molecular formula is C22H20FN5O2S. The molecule has 2 amide bonds. The third-order valence-corrected chi connectivity index (χ3v) is 6.32. The minimum absolute atomic E-state index is 0.0943. The number of amides is 2. The first-order chi connectivity index (χ1) is 15.1. The first kappa shape index (κ1) is 19.7. The maximum Gasteiger partial charge on any atom is 0.294 e. The summed E-state index contributed by atoms with van der Waals surface area (Å²) in [5, 5.41) is 7.20. The smallest absolute Gasteiger partial charge is 0.294 e. The molecule has 2 aromatic carbocycles. The molecule has 158 valence electrons. The van der Waals surface area contributed by atoms with Crippen LogP contribution in [0.25, 0.3) is 5.69 Å². The van der Waals surface area contributed by atoms with Crippen LogP contribution in [0.2, 0.25) is 0 Å². The van der Waals surface area contributed by atoms with Crippen LogP contribution in [0.15, 0.2) is 54.6 Å². The number of rotatable bonds is 5. The van der Waals surface area contributed by atoms with Crippen molar-refractivity contribution in [2.75, 3.05) is 16.9 Å². The summed E-state index contributed by atoms with van der Waals surface area (Å²) in [6.45, 7) is 0. The number of benzene rings is 2. The topological polar surface area (TPSA) is 80.1 Å². The number of nitrogens with zero attached hydrogens (tertiary/aromatic N) is 4. The number of halogens is 1. The Kier molecular flexibility index (Phi) is 5.19. The van der Waals surface area contributed by atoms with Gasteiger partial charge in [-0.25, -0.2) is 14.1 Å². The summed E-state index contributed by atoms with van der Waals surface area (Å²) in [6.07, 6.45) is 2.05. The highest BCUT2D eigenvalue weighted by Gasteiger charge is 2.38. The third-order valence-electron chi connectivity index (χ3n) is 5.30. The Morgan fingerprint density at radius 2 is 1.90 bits per heavy atom. The molecule has 31 heavy (non-hydrogen) atoms. The van der Waals surface area contributed by atoms with E-state index in [0.29, 0.717) is 23.2 Å². The standard InChI is InChI=1S/C22H20FN5O2S/c23-15-5-4-6-16(11-15)24-21(29)18-12-31-13-27(18)22(30)19-25-20(14-9-10-14)28(26-19)17-7-2-1-3-8-17/h1-8,11,14,18H,9-10,12-13H2,(H,24,29). The van der Waals surface area contributed by atoms with Crippen LogP contribution in [0.4, 0.5) is 10.1 Å². The average molecular weight is 438 g/mol. The van der Waals surface area contributed by atoms with Crippen molar-refractivity contribution in [3.8, 4) is 5.69 Å². The van der Waals surface area contributed by atoms with Crippen molar-refractivity contribution in [2.45, 2.75) is 24.8 Å². The molecule has 1 N–H and O–H groups in total. The lowest BCUT2D eigenvalue weighted by atomic mass is 10.2. The average Bonchev–Trinajstić information content (AvgIpc) is 3.33. The lowest BCUT2D eigenvalue weighted by molar-refractivity contribution is -0.119. The Morgan fingerprint density at radius 1 is 1.10 bits per heavy atom.